The highest BCUT2D eigenvalue weighted by Gasteiger charge is 2.07. The first-order chi connectivity index (χ1) is 11.6. The summed E-state index contributed by atoms with van der Waals surface area (Å²) in [5.41, 5.74) is 2.20. The Morgan fingerprint density at radius 1 is 1.21 bits per heavy atom. The Morgan fingerprint density at radius 2 is 2.00 bits per heavy atom. The van der Waals surface area contributed by atoms with Crippen LogP contribution in [0.15, 0.2) is 65.8 Å². The van der Waals surface area contributed by atoms with Crippen LogP contribution in [0.5, 0.6) is 0 Å². The number of para-hydroxylation sites is 1. The van der Waals surface area contributed by atoms with E-state index in [1.54, 1.807) is 30.2 Å². The van der Waals surface area contributed by atoms with E-state index in [4.69, 9.17) is 0 Å². The Balaban J connectivity index is 1.57. The minimum absolute atomic E-state index is 0.202. The Labute approximate surface area is 139 Å². The molecule has 0 aliphatic carbocycles. The molecule has 0 unspecified atom stereocenters. The van der Waals surface area contributed by atoms with E-state index in [0.717, 1.165) is 11.3 Å². The first kappa shape index (κ1) is 15.7. The lowest BCUT2D eigenvalue weighted by molar-refractivity contribution is 0.0954. The van der Waals surface area contributed by atoms with Gasteiger partial charge < -0.3 is 9.88 Å². The molecule has 6 nitrogen and oxygen atoms in total. The molecule has 1 N–H and O–H groups in total. The minimum atomic E-state index is -0.247. The summed E-state index contributed by atoms with van der Waals surface area (Å²) in [7, 11) is 1.65. The molecule has 0 radical (unpaired) electrons. The van der Waals surface area contributed by atoms with Crippen molar-refractivity contribution in [2.45, 2.75) is 6.42 Å². The third-order valence-electron chi connectivity index (χ3n) is 3.72. The van der Waals surface area contributed by atoms with E-state index in [2.05, 4.69) is 10.4 Å². The van der Waals surface area contributed by atoms with E-state index in [0.29, 0.717) is 18.5 Å². The molecule has 6 heteroatoms. The molecule has 0 saturated heterocycles. The van der Waals surface area contributed by atoms with Crippen LogP contribution in [0.1, 0.15) is 15.9 Å². The molecule has 0 aliphatic heterocycles. The minimum Gasteiger partial charge on any atom is -0.352 e. The fourth-order valence-electron chi connectivity index (χ4n) is 2.32. The Morgan fingerprint density at radius 3 is 2.75 bits per heavy atom. The van der Waals surface area contributed by atoms with Crippen molar-refractivity contribution in [3.05, 3.63) is 82.5 Å². The van der Waals surface area contributed by atoms with Gasteiger partial charge in [-0.3, -0.25) is 9.59 Å². The number of amides is 1. The van der Waals surface area contributed by atoms with Gasteiger partial charge in [-0.2, -0.15) is 5.10 Å². The summed E-state index contributed by atoms with van der Waals surface area (Å²) in [6.45, 7) is 0.481. The molecule has 0 spiro atoms. The molecule has 1 amide bonds. The van der Waals surface area contributed by atoms with Crippen molar-refractivity contribution in [2.24, 2.45) is 7.05 Å². The smallest absolute Gasteiger partial charge is 0.251 e. The van der Waals surface area contributed by atoms with Gasteiger partial charge in [0, 0.05) is 37.6 Å². The van der Waals surface area contributed by atoms with Crippen molar-refractivity contribution < 1.29 is 4.79 Å². The van der Waals surface area contributed by atoms with Crippen molar-refractivity contribution in [2.75, 3.05) is 6.54 Å². The Bertz CT molecular complexity index is 897. The lowest BCUT2D eigenvalue weighted by atomic mass is 10.2. The molecule has 0 aliphatic rings. The molecule has 122 valence electrons. The molecule has 0 saturated carbocycles. The van der Waals surface area contributed by atoms with Crippen LogP contribution in [0, 0.1) is 0 Å². The average Bonchev–Trinajstić information content (AvgIpc) is 3.07. The third-order valence-corrected chi connectivity index (χ3v) is 3.72. The van der Waals surface area contributed by atoms with E-state index < -0.39 is 0 Å². The molecule has 24 heavy (non-hydrogen) atoms. The van der Waals surface area contributed by atoms with Gasteiger partial charge in [0.15, 0.2) is 0 Å². The number of hydrogen-bond acceptors (Lipinski definition) is 3. The van der Waals surface area contributed by atoms with Crippen LogP contribution in [0.25, 0.3) is 5.69 Å². The van der Waals surface area contributed by atoms with Crippen LogP contribution >= 0.6 is 0 Å². The normalized spacial score (nSPS) is 10.5. The predicted molar refractivity (Wildman–Crippen MR) is 91.3 cm³/mol. The number of rotatable bonds is 5. The SMILES string of the molecule is Cn1ccc(C(=O)NCCc2cnn(-c3ccccc3)c2)cc1=O. The van der Waals surface area contributed by atoms with Crippen molar-refractivity contribution in [1.29, 1.82) is 0 Å². The van der Waals surface area contributed by atoms with Crippen molar-refractivity contribution in [1.82, 2.24) is 19.7 Å². The lowest BCUT2D eigenvalue weighted by Crippen LogP contribution is -2.27. The molecule has 3 aromatic rings. The average molecular weight is 322 g/mol. The number of aromatic nitrogens is 3. The number of carbonyl (C=O) groups is 1. The van der Waals surface area contributed by atoms with Gasteiger partial charge in [0.1, 0.15) is 0 Å². The van der Waals surface area contributed by atoms with E-state index >= 15 is 0 Å². The van der Waals surface area contributed by atoms with Crippen molar-refractivity contribution >= 4 is 5.91 Å². The highest BCUT2D eigenvalue weighted by Crippen LogP contribution is 2.07. The second-order valence-corrected chi connectivity index (χ2v) is 5.50. The highest BCUT2D eigenvalue weighted by atomic mass is 16.2. The zero-order valence-electron chi connectivity index (χ0n) is 13.3. The van der Waals surface area contributed by atoms with Crippen LogP contribution in [-0.4, -0.2) is 26.8 Å². The van der Waals surface area contributed by atoms with Crippen molar-refractivity contribution in [3.63, 3.8) is 0 Å². The number of nitrogens with zero attached hydrogens (tertiary/aromatic N) is 3. The summed E-state index contributed by atoms with van der Waals surface area (Å²) in [5, 5.41) is 7.14. The fraction of sp³-hybridized carbons (Fsp3) is 0.167. The van der Waals surface area contributed by atoms with E-state index in [-0.39, 0.29) is 11.5 Å². The zero-order valence-corrected chi connectivity index (χ0v) is 13.3. The van der Waals surface area contributed by atoms with Crippen LogP contribution in [0.3, 0.4) is 0 Å². The third kappa shape index (κ3) is 3.60. The van der Waals surface area contributed by atoms with E-state index in [1.165, 1.54) is 10.6 Å². The summed E-state index contributed by atoms with van der Waals surface area (Å²) in [4.78, 5) is 23.6. The Kier molecular flexibility index (Phi) is 4.56. The molecule has 2 heterocycles. The van der Waals surface area contributed by atoms with Gasteiger partial charge in [0.05, 0.1) is 11.9 Å². The van der Waals surface area contributed by atoms with Crippen LogP contribution < -0.4 is 10.9 Å². The van der Waals surface area contributed by atoms with Gasteiger partial charge >= 0.3 is 0 Å². The number of pyridine rings is 1. The topological polar surface area (TPSA) is 68.9 Å². The van der Waals surface area contributed by atoms with Gasteiger partial charge in [0.25, 0.3) is 11.5 Å². The fourth-order valence-corrected chi connectivity index (χ4v) is 2.32. The molecule has 0 fully saturated rings. The van der Waals surface area contributed by atoms with Gasteiger partial charge in [-0.05, 0) is 30.2 Å². The van der Waals surface area contributed by atoms with E-state index in [1.807, 2.05) is 36.5 Å². The Hall–Kier alpha value is -3.15. The van der Waals surface area contributed by atoms with Gasteiger partial charge in [-0.15, -0.1) is 0 Å². The molecule has 1 aromatic carbocycles. The second-order valence-electron chi connectivity index (χ2n) is 5.50. The first-order valence-corrected chi connectivity index (χ1v) is 7.67. The lowest BCUT2D eigenvalue weighted by Gasteiger charge is -2.05. The van der Waals surface area contributed by atoms with Gasteiger partial charge in [-0.1, -0.05) is 18.2 Å². The van der Waals surface area contributed by atoms with E-state index in [9.17, 15) is 9.59 Å². The highest BCUT2D eigenvalue weighted by molar-refractivity contribution is 5.93. The summed E-state index contributed by atoms with van der Waals surface area (Å²) in [5.74, 6) is -0.247. The van der Waals surface area contributed by atoms with Crippen molar-refractivity contribution in [3.8, 4) is 5.69 Å². The monoisotopic (exact) mass is 322 g/mol. The largest absolute Gasteiger partial charge is 0.352 e. The molecule has 0 atom stereocenters. The number of benzene rings is 1. The second kappa shape index (κ2) is 6.95. The van der Waals surface area contributed by atoms with Gasteiger partial charge in [0.2, 0.25) is 0 Å². The maximum absolute atomic E-state index is 12.0. The molecular formula is C18H18N4O2. The standard InChI is InChI=1S/C18H18N4O2/c1-21-10-8-15(11-17(21)23)18(24)19-9-7-14-12-20-22(13-14)16-5-3-2-4-6-16/h2-6,8,10-13H,7,9H2,1H3,(H,19,24). The summed E-state index contributed by atoms with van der Waals surface area (Å²) in [6, 6.07) is 12.8. The summed E-state index contributed by atoms with van der Waals surface area (Å²) >= 11 is 0. The molecular weight excluding hydrogens is 304 g/mol. The van der Waals surface area contributed by atoms with Crippen LogP contribution in [-0.2, 0) is 13.5 Å². The molecule has 2 aromatic heterocycles. The number of aryl methyl sites for hydroxylation is 1. The van der Waals surface area contributed by atoms with Crippen LogP contribution in [0.2, 0.25) is 0 Å². The quantitative estimate of drug-likeness (QED) is 0.775. The zero-order chi connectivity index (χ0) is 16.9. The van der Waals surface area contributed by atoms with Gasteiger partial charge in [-0.25, -0.2) is 4.68 Å². The number of hydrogen-bond donors (Lipinski definition) is 1. The number of carbonyl (C=O) groups excluding carboxylic acids is 1. The summed E-state index contributed by atoms with van der Waals surface area (Å²) in [6.07, 6.45) is 5.99. The maximum atomic E-state index is 12.0. The first-order valence-electron chi connectivity index (χ1n) is 7.67. The van der Waals surface area contributed by atoms with Crippen LogP contribution in [0.4, 0.5) is 0 Å². The molecule has 0 bridgehead atoms. The summed E-state index contributed by atoms with van der Waals surface area (Å²) < 4.78 is 3.23. The number of nitrogens with one attached hydrogen (secondary N) is 1. The molecule has 3 rings (SSSR count). The predicted octanol–water partition coefficient (Wildman–Crippen LogP) is 1.54. The maximum Gasteiger partial charge on any atom is 0.251 e.